The molecule has 4 rings (SSSR count). The molecule has 0 unspecified atom stereocenters. The van der Waals surface area contributed by atoms with Gasteiger partial charge in [0.05, 0.1) is 4.90 Å². The van der Waals surface area contributed by atoms with Gasteiger partial charge in [-0.05, 0) is 47.7 Å². The van der Waals surface area contributed by atoms with Crippen molar-refractivity contribution in [2.45, 2.75) is 17.4 Å². The van der Waals surface area contributed by atoms with E-state index >= 15 is 0 Å². The molecule has 0 aromatic heterocycles. The first-order valence-electron chi connectivity index (χ1n) is 10.0. The SMILES string of the molecule is O=C(Nc1cccc2ccccc12)[C@@H](Cc1ccccc1)NS(=O)(=O)c1ccc(Br)cc1. The van der Waals surface area contributed by atoms with Crippen molar-refractivity contribution in [1.82, 2.24) is 4.72 Å². The normalized spacial score (nSPS) is 12.4. The Morgan fingerprint density at radius 3 is 2.22 bits per heavy atom. The van der Waals surface area contributed by atoms with E-state index in [1.165, 1.54) is 12.1 Å². The average molecular weight is 509 g/mol. The first-order chi connectivity index (χ1) is 15.4. The van der Waals surface area contributed by atoms with Crippen LogP contribution in [0.2, 0.25) is 0 Å². The van der Waals surface area contributed by atoms with Gasteiger partial charge in [0.1, 0.15) is 6.04 Å². The summed E-state index contributed by atoms with van der Waals surface area (Å²) in [6.45, 7) is 0. The van der Waals surface area contributed by atoms with Gasteiger partial charge in [-0.3, -0.25) is 4.79 Å². The van der Waals surface area contributed by atoms with E-state index in [-0.39, 0.29) is 11.3 Å². The molecule has 0 aliphatic heterocycles. The second kappa shape index (κ2) is 9.65. The van der Waals surface area contributed by atoms with Gasteiger partial charge in [-0.15, -0.1) is 0 Å². The molecule has 4 aromatic rings. The minimum Gasteiger partial charge on any atom is -0.324 e. The lowest BCUT2D eigenvalue weighted by Crippen LogP contribution is -2.45. The van der Waals surface area contributed by atoms with E-state index in [2.05, 4.69) is 26.0 Å². The highest BCUT2D eigenvalue weighted by Gasteiger charge is 2.26. The lowest BCUT2D eigenvalue weighted by molar-refractivity contribution is -0.117. The van der Waals surface area contributed by atoms with Crippen LogP contribution in [0, 0.1) is 0 Å². The van der Waals surface area contributed by atoms with Gasteiger partial charge in [-0.1, -0.05) is 82.7 Å². The Balaban J connectivity index is 1.64. The zero-order chi connectivity index (χ0) is 22.6. The highest BCUT2D eigenvalue weighted by Crippen LogP contribution is 2.23. The number of carbonyl (C=O) groups excluding carboxylic acids is 1. The van der Waals surface area contributed by atoms with Gasteiger partial charge in [0, 0.05) is 15.5 Å². The zero-order valence-corrected chi connectivity index (χ0v) is 19.4. The fourth-order valence-corrected chi connectivity index (χ4v) is 4.92. The Hall–Kier alpha value is -3.00. The summed E-state index contributed by atoms with van der Waals surface area (Å²) in [5, 5.41) is 4.79. The fraction of sp³-hybridized carbons (Fsp3) is 0.0800. The van der Waals surface area contributed by atoms with Gasteiger partial charge >= 0.3 is 0 Å². The van der Waals surface area contributed by atoms with E-state index < -0.39 is 22.0 Å². The summed E-state index contributed by atoms with van der Waals surface area (Å²) in [4.78, 5) is 13.4. The maximum atomic E-state index is 13.3. The summed E-state index contributed by atoms with van der Waals surface area (Å²) in [6, 6.07) is 28.0. The van der Waals surface area contributed by atoms with Crippen molar-refractivity contribution < 1.29 is 13.2 Å². The second-order valence-electron chi connectivity index (χ2n) is 7.33. The smallest absolute Gasteiger partial charge is 0.242 e. The largest absolute Gasteiger partial charge is 0.324 e. The monoisotopic (exact) mass is 508 g/mol. The topological polar surface area (TPSA) is 75.3 Å². The number of nitrogens with one attached hydrogen (secondary N) is 2. The van der Waals surface area contributed by atoms with Crippen molar-refractivity contribution in [2.24, 2.45) is 0 Å². The van der Waals surface area contributed by atoms with Crippen molar-refractivity contribution in [1.29, 1.82) is 0 Å². The number of rotatable bonds is 7. The number of amides is 1. The Kier molecular flexibility index (Phi) is 6.69. The van der Waals surface area contributed by atoms with E-state index in [0.717, 1.165) is 20.8 Å². The lowest BCUT2D eigenvalue weighted by atomic mass is 10.1. The van der Waals surface area contributed by atoms with E-state index in [4.69, 9.17) is 0 Å². The molecule has 5 nitrogen and oxygen atoms in total. The highest BCUT2D eigenvalue weighted by molar-refractivity contribution is 9.10. The van der Waals surface area contributed by atoms with Crippen LogP contribution in [0.5, 0.6) is 0 Å². The maximum Gasteiger partial charge on any atom is 0.242 e. The summed E-state index contributed by atoms with van der Waals surface area (Å²) >= 11 is 3.31. The maximum absolute atomic E-state index is 13.3. The second-order valence-corrected chi connectivity index (χ2v) is 9.96. The third-order valence-electron chi connectivity index (χ3n) is 5.07. The third kappa shape index (κ3) is 5.24. The molecular formula is C25H21BrN2O3S. The van der Waals surface area contributed by atoms with Crippen LogP contribution in [0.1, 0.15) is 5.56 Å². The number of carbonyl (C=O) groups is 1. The van der Waals surface area contributed by atoms with E-state index in [1.807, 2.05) is 72.8 Å². The van der Waals surface area contributed by atoms with E-state index in [1.54, 1.807) is 12.1 Å². The molecule has 7 heteroatoms. The zero-order valence-electron chi connectivity index (χ0n) is 17.0. The van der Waals surface area contributed by atoms with Gasteiger partial charge in [0.25, 0.3) is 0 Å². The minimum absolute atomic E-state index is 0.0942. The fourth-order valence-electron chi connectivity index (χ4n) is 3.46. The van der Waals surface area contributed by atoms with Crippen LogP contribution in [0.4, 0.5) is 5.69 Å². The molecule has 0 spiro atoms. The number of hydrogen-bond donors (Lipinski definition) is 2. The van der Waals surface area contributed by atoms with Crippen LogP contribution >= 0.6 is 15.9 Å². The molecule has 0 aliphatic carbocycles. The number of sulfonamides is 1. The van der Waals surface area contributed by atoms with Crippen LogP contribution < -0.4 is 10.0 Å². The van der Waals surface area contributed by atoms with Gasteiger partial charge in [0.15, 0.2) is 0 Å². The van der Waals surface area contributed by atoms with Crippen LogP contribution in [-0.2, 0) is 21.2 Å². The van der Waals surface area contributed by atoms with Crippen LogP contribution in [0.15, 0.2) is 106 Å². The molecular weight excluding hydrogens is 488 g/mol. The molecule has 0 fully saturated rings. The van der Waals surface area contributed by atoms with Crippen LogP contribution in [-0.4, -0.2) is 20.4 Å². The predicted octanol–water partition coefficient (Wildman–Crippen LogP) is 5.13. The lowest BCUT2D eigenvalue weighted by Gasteiger charge is -2.19. The number of anilines is 1. The summed E-state index contributed by atoms with van der Waals surface area (Å²) < 4.78 is 29.4. The van der Waals surface area contributed by atoms with Gasteiger partial charge in [-0.25, -0.2) is 8.42 Å². The molecule has 0 saturated carbocycles. The molecule has 1 atom stereocenters. The molecule has 0 aliphatic rings. The molecule has 0 saturated heterocycles. The van der Waals surface area contributed by atoms with Crippen LogP contribution in [0.3, 0.4) is 0 Å². The predicted molar refractivity (Wildman–Crippen MR) is 131 cm³/mol. The summed E-state index contributed by atoms with van der Waals surface area (Å²) in [6.07, 6.45) is 0.215. The van der Waals surface area contributed by atoms with Crippen molar-refractivity contribution in [3.63, 3.8) is 0 Å². The first-order valence-corrected chi connectivity index (χ1v) is 12.3. The molecule has 162 valence electrons. The molecule has 2 N–H and O–H groups in total. The molecule has 0 heterocycles. The molecule has 32 heavy (non-hydrogen) atoms. The molecule has 4 aromatic carbocycles. The standard InChI is InChI=1S/C25H21BrN2O3S/c26-20-13-15-21(16-14-20)32(30,31)28-24(17-18-7-2-1-3-8-18)25(29)27-23-12-6-10-19-9-4-5-11-22(19)23/h1-16,24,28H,17H2,(H,27,29)/t24-/m1/s1. The summed E-state index contributed by atoms with van der Waals surface area (Å²) in [7, 11) is -3.91. The first kappa shape index (κ1) is 22.2. The Labute approximate surface area is 195 Å². The number of halogens is 1. The van der Waals surface area contributed by atoms with Crippen molar-refractivity contribution in [3.8, 4) is 0 Å². The average Bonchev–Trinajstić information content (AvgIpc) is 2.80. The minimum atomic E-state index is -3.91. The van der Waals surface area contributed by atoms with E-state index in [9.17, 15) is 13.2 Å². The highest BCUT2D eigenvalue weighted by atomic mass is 79.9. The Bertz CT molecular complexity index is 1340. The van der Waals surface area contributed by atoms with Crippen molar-refractivity contribution in [3.05, 3.63) is 107 Å². The Morgan fingerprint density at radius 1 is 0.812 bits per heavy atom. The van der Waals surface area contributed by atoms with Crippen molar-refractivity contribution >= 4 is 48.3 Å². The number of hydrogen-bond acceptors (Lipinski definition) is 3. The van der Waals surface area contributed by atoms with Crippen LogP contribution in [0.25, 0.3) is 10.8 Å². The number of benzene rings is 4. The van der Waals surface area contributed by atoms with Gasteiger partial charge in [0.2, 0.25) is 15.9 Å². The molecule has 0 radical (unpaired) electrons. The van der Waals surface area contributed by atoms with Gasteiger partial charge < -0.3 is 5.32 Å². The van der Waals surface area contributed by atoms with E-state index in [0.29, 0.717) is 5.69 Å². The molecule has 1 amide bonds. The molecule has 0 bridgehead atoms. The quantitative estimate of drug-likeness (QED) is 0.363. The van der Waals surface area contributed by atoms with Gasteiger partial charge in [-0.2, -0.15) is 4.72 Å². The Morgan fingerprint density at radius 2 is 1.47 bits per heavy atom. The summed E-state index contributed by atoms with van der Waals surface area (Å²) in [5.41, 5.74) is 1.48. The third-order valence-corrected chi connectivity index (χ3v) is 7.08. The number of fused-ring (bicyclic) bond motifs is 1. The van der Waals surface area contributed by atoms with Crippen molar-refractivity contribution in [2.75, 3.05) is 5.32 Å². The summed E-state index contributed by atoms with van der Waals surface area (Å²) in [5.74, 6) is -0.425.